The lowest BCUT2D eigenvalue weighted by Crippen LogP contribution is -2.22. The molecule has 4 rings (SSSR count). The van der Waals surface area contributed by atoms with Gasteiger partial charge in [0.2, 0.25) is 0 Å². The van der Waals surface area contributed by atoms with Gasteiger partial charge in [-0.25, -0.2) is 4.98 Å². The lowest BCUT2D eigenvalue weighted by molar-refractivity contribution is 0.0943. The molecule has 0 fully saturated rings. The number of amides is 1. The van der Waals surface area contributed by atoms with Crippen molar-refractivity contribution in [3.05, 3.63) is 89.0 Å². The van der Waals surface area contributed by atoms with Gasteiger partial charge in [0, 0.05) is 23.1 Å². The predicted octanol–water partition coefficient (Wildman–Crippen LogP) is 4.41. The summed E-state index contributed by atoms with van der Waals surface area (Å²) in [4.78, 5) is 19.7. The van der Waals surface area contributed by atoms with Gasteiger partial charge in [-0.2, -0.15) is 0 Å². The molecule has 28 heavy (non-hydrogen) atoms. The number of aromatic nitrogens is 3. The largest absolute Gasteiger partial charge is 0.462 e. The van der Waals surface area contributed by atoms with Crippen LogP contribution in [0.3, 0.4) is 0 Å². The monoisotopic (exact) mass is 394 g/mol. The smallest absolute Gasteiger partial charge is 0.268 e. The van der Waals surface area contributed by atoms with Gasteiger partial charge in [-0.05, 0) is 48.9 Å². The van der Waals surface area contributed by atoms with E-state index in [9.17, 15) is 4.79 Å². The molecule has 0 spiro atoms. The van der Waals surface area contributed by atoms with Gasteiger partial charge < -0.3 is 19.3 Å². The molecule has 0 saturated heterocycles. The Morgan fingerprint density at radius 1 is 1.14 bits per heavy atom. The van der Waals surface area contributed by atoms with Crippen molar-refractivity contribution in [3.63, 3.8) is 0 Å². The minimum Gasteiger partial charge on any atom is -0.462 e. The van der Waals surface area contributed by atoms with E-state index in [1.807, 2.05) is 60.2 Å². The summed E-state index contributed by atoms with van der Waals surface area (Å²) in [5.74, 6) is 2.25. The number of aromatic amines is 1. The molecule has 0 radical (unpaired) electrons. The maximum atomic E-state index is 12.4. The molecular weight excluding hydrogens is 376 g/mol. The number of hydrogen-bond acceptors (Lipinski definition) is 3. The summed E-state index contributed by atoms with van der Waals surface area (Å²) in [6.07, 6.45) is 3.66. The van der Waals surface area contributed by atoms with E-state index in [1.165, 1.54) is 0 Å². The van der Waals surface area contributed by atoms with Crippen LogP contribution in [-0.2, 0) is 13.1 Å². The Morgan fingerprint density at radius 3 is 2.68 bits per heavy atom. The van der Waals surface area contributed by atoms with E-state index in [-0.39, 0.29) is 5.91 Å². The highest BCUT2D eigenvalue weighted by atomic mass is 35.5. The van der Waals surface area contributed by atoms with Crippen LogP contribution in [0.1, 0.15) is 27.8 Å². The zero-order valence-electron chi connectivity index (χ0n) is 15.3. The molecule has 2 N–H and O–H groups in total. The number of benzene rings is 1. The molecule has 3 aromatic heterocycles. The van der Waals surface area contributed by atoms with Crippen LogP contribution in [0.2, 0.25) is 5.02 Å². The second kappa shape index (κ2) is 7.78. The average molecular weight is 395 g/mol. The number of furan rings is 1. The van der Waals surface area contributed by atoms with E-state index in [0.29, 0.717) is 29.6 Å². The summed E-state index contributed by atoms with van der Waals surface area (Å²) in [6, 6.07) is 14.9. The first-order valence-electron chi connectivity index (χ1n) is 8.87. The van der Waals surface area contributed by atoms with Crippen LogP contribution in [0.5, 0.6) is 0 Å². The number of rotatable bonds is 6. The van der Waals surface area contributed by atoms with Gasteiger partial charge in [-0.1, -0.05) is 23.7 Å². The van der Waals surface area contributed by atoms with Crippen molar-refractivity contribution in [1.82, 2.24) is 19.9 Å². The van der Waals surface area contributed by atoms with Crippen molar-refractivity contribution in [2.24, 2.45) is 0 Å². The first-order chi connectivity index (χ1) is 13.6. The standard InChI is InChI=1S/C21H19ClN4O2/c1-14-23-10-11-26(14)13-18-7-6-17(28-18)12-24-21(27)20-9-8-19(25-20)15-2-4-16(22)5-3-15/h2-11,25H,12-13H2,1H3,(H,24,27). The number of nitrogens with zero attached hydrogens (tertiary/aromatic N) is 2. The highest BCUT2D eigenvalue weighted by molar-refractivity contribution is 6.30. The fourth-order valence-electron chi connectivity index (χ4n) is 2.93. The summed E-state index contributed by atoms with van der Waals surface area (Å²) < 4.78 is 7.80. The van der Waals surface area contributed by atoms with Gasteiger partial charge in [-0.15, -0.1) is 0 Å². The third-order valence-electron chi connectivity index (χ3n) is 4.48. The number of hydrogen-bond donors (Lipinski definition) is 2. The van der Waals surface area contributed by atoms with Crippen LogP contribution >= 0.6 is 11.6 Å². The van der Waals surface area contributed by atoms with Crippen LogP contribution in [-0.4, -0.2) is 20.4 Å². The minimum absolute atomic E-state index is 0.191. The van der Waals surface area contributed by atoms with Crippen LogP contribution in [0.4, 0.5) is 0 Å². The van der Waals surface area contributed by atoms with Gasteiger partial charge in [0.05, 0.1) is 13.1 Å². The summed E-state index contributed by atoms with van der Waals surface area (Å²) in [5.41, 5.74) is 2.32. The Balaban J connectivity index is 1.36. The molecule has 0 aliphatic rings. The van der Waals surface area contributed by atoms with Gasteiger partial charge in [0.1, 0.15) is 23.0 Å². The Morgan fingerprint density at radius 2 is 1.93 bits per heavy atom. The van der Waals surface area contributed by atoms with Crippen LogP contribution in [0.15, 0.2) is 65.3 Å². The van der Waals surface area contributed by atoms with E-state index >= 15 is 0 Å². The number of imidazole rings is 1. The lowest BCUT2D eigenvalue weighted by Gasteiger charge is -2.03. The Kier molecular flexibility index (Phi) is 5.04. The van der Waals surface area contributed by atoms with Crippen LogP contribution in [0.25, 0.3) is 11.3 Å². The normalized spacial score (nSPS) is 10.9. The predicted molar refractivity (Wildman–Crippen MR) is 107 cm³/mol. The summed E-state index contributed by atoms with van der Waals surface area (Å²) in [6.45, 7) is 2.87. The summed E-state index contributed by atoms with van der Waals surface area (Å²) in [7, 11) is 0. The molecule has 0 saturated carbocycles. The first kappa shape index (κ1) is 18.1. The van der Waals surface area contributed by atoms with Crippen molar-refractivity contribution >= 4 is 17.5 Å². The molecule has 0 aliphatic carbocycles. The fraction of sp³-hybridized carbons (Fsp3) is 0.143. The van der Waals surface area contributed by atoms with Gasteiger partial charge >= 0.3 is 0 Å². The second-order valence-electron chi connectivity index (χ2n) is 6.45. The van der Waals surface area contributed by atoms with E-state index in [4.69, 9.17) is 16.0 Å². The Hall–Kier alpha value is -3.25. The molecule has 1 aromatic carbocycles. The molecule has 7 heteroatoms. The Bertz CT molecular complexity index is 1090. The van der Waals surface area contributed by atoms with E-state index in [0.717, 1.165) is 22.8 Å². The molecular formula is C21H19ClN4O2. The number of halogens is 1. The van der Waals surface area contributed by atoms with Crippen molar-refractivity contribution in [3.8, 4) is 11.3 Å². The SMILES string of the molecule is Cc1nccn1Cc1ccc(CNC(=O)c2ccc(-c3ccc(Cl)cc3)[nH]2)o1. The van der Waals surface area contributed by atoms with Crippen molar-refractivity contribution in [1.29, 1.82) is 0 Å². The molecule has 0 aliphatic heterocycles. The van der Waals surface area contributed by atoms with Crippen molar-refractivity contribution in [2.45, 2.75) is 20.0 Å². The van der Waals surface area contributed by atoms with E-state index < -0.39 is 0 Å². The highest BCUT2D eigenvalue weighted by Crippen LogP contribution is 2.21. The van der Waals surface area contributed by atoms with E-state index in [2.05, 4.69) is 15.3 Å². The van der Waals surface area contributed by atoms with Crippen LogP contribution in [0, 0.1) is 6.92 Å². The Labute approximate surface area is 167 Å². The zero-order chi connectivity index (χ0) is 19.5. The molecule has 3 heterocycles. The van der Waals surface area contributed by atoms with Gasteiger partial charge in [-0.3, -0.25) is 4.79 Å². The second-order valence-corrected chi connectivity index (χ2v) is 6.88. The van der Waals surface area contributed by atoms with Crippen LogP contribution < -0.4 is 5.32 Å². The van der Waals surface area contributed by atoms with Gasteiger partial charge in [0.15, 0.2) is 0 Å². The average Bonchev–Trinajstić information content (AvgIpc) is 3.43. The minimum atomic E-state index is -0.191. The lowest BCUT2D eigenvalue weighted by atomic mass is 10.2. The van der Waals surface area contributed by atoms with Crippen molar-refractivity contribution in [2.75, 3.05) is 0 Å². The quantitative estimate of drug-likeness (QED) is 0.508. The summed E-state index contributed by atoms with van der Waals surface area (Å²) in [5, 5.41) is 3.54. The molecule has 0 bridgehead atoms. The topological polar surface area (TPSA) is 75.8 Å². The molecule has 4 aromatic rings. The molecule has 1 amide bonds. The molecule has 0 atom stereocenters. The third kappa shape index (κ3) is 4.02. The summed E-state index contributed by atoms with van der Waals surface area (Å²) >= 11 is 5.92. The highest BCUT2D eigenvalue weighted by Gasteiger charge is 2.11. The molecule has 142 valence electrons. The van der Waals surface area contributed by atoms with Gasteiger partial charge in [0.25, 0.3) is 5.91 Å². The maximum Gasteiger partial charge on any atom is 0.268 e. The number of H-pyrrole nitrogens is 1. The fourth-order valence-corrected chi connectivity index (χ4v) is 3.06. The van der Waals surface area contributed by atoms with Crippen molar-refractivity contribution < 1.29 is 9.21 Å². The van der Waals surface area contributed by atoms with E-state index in [1.54, 1.807) is 12.3 Å². The molecule has 0 unspecified atom stereocenters. The first-order valence-corrected chi connectivity index (χ1v) is 9.25. The number of aryl methyl sites for hydroxylation is 1. The number of carbonyl (C=O) groups excluding carboxylic acids is 1. The molecule has 6 nitrogen and oxygen atoms in total. The maximum absolute atomic E-state index is 12.4. The zero-order valence-corrected chi connectivity index (χ0v) is 16.0. The third-order valence-corrected chi connectivity index (χ3v) is 4.73. The number of carbonyl (C=O) groups is 1. The number of nitrogens with one attached hydrogen (secondary N) is 2.